The number of ether oxygens (including phenoxy) is 1. The molecule has 2 N–H and O–H groups in total. The number of anilines is 2. The highest BCUT2D eigenvalue weighted by atomic mass is 32.2. The van der Waals surface area contributed by atoms with Crippen molar-refractivity contribution < 1.29 is 14.3 Å². The van der Waals surface area contributed by atoms with Crippen LogP contribution in [-0.2, 0) is 9.59 Å². The minimum atomic E-state index is -0.113. The van der Waals surface area contributed by atoms with Crippen LogP contribution in [0.25, 0.3) is 0 Å². The van der Waals surface area contributed by atoms with Gasteiger partial charge in [0.05, 0.1) is 18.8 Å². The second-order valence-corrected chi connectivity index (χ2v) is 8.37. The number of nitrogens with zero attached hydrogens (tertiary/aromatic N) is 3. The molecule has 0 saturated carbocycles. The Morgan fingerprint density at radius 2 is 2.00 bits per heavy atom. The van der Waals surface area contributed by atoms with Gasteiger partial charge >= 0.3 is 0 Å². The molecule has 1 aromatic heterocycles. The molecule has 9 heteroatoms. The van der Waals surface area contributed by atoms with Crippen LogP contribution in [0.1, 0.15) is 26.2 Å². The molecule has 0 radical (unpaired) electrons. The van der Waals surface area contributed by atoms with Gasteiger partial charge in [-0.3, -0.25) is 9.59 Å². The van der Waals surface area contributed by atoms with Gasteiger partial charge in [0, 0.05) is 25.3 Å². The van der Waals surface area contributed by atoms with E-state index in [1.165, 1.54) is 11.8 Å². The molecule has 8 nitrogen and oxygen atoms in total. The first kappa shape index (κ1) is 22.9. The highest BCUT2D eigenvalue weighted by Crippen LogP contribution is 2.23. The van der Waals surface area contributed by atoms with Gasteiger partial charge in [0.2, 0.25) is 11.8 Å². The standard InChI is InChI=1S/C22H29N5O3S/c1-3-12-23-22(29)16-5-4-13-27(14-16)19-10-11-21(26-25-19)31-15-20(28)24-17-6-8-18(30-2)9-7-17/h6-11,16H,3-5,12-15H2,1-2H3,(H,23,29)(H,24,28)/t16-/m0/s1. The van der Waals surface area contributed by atoms with Crippen LogP contribution in [0.5, 0.6) is 5.75 Å². The zero-order valence-electron chi connectivity index (χ0n) is 18.0. The number of nitrogens with one attached hydrogen (secondary N) is 2. The molecule has 1 aromatic carbocycles. The van der Waals surface area contributed by atoms with Gasteiger partial charge in [-0.25, -0.2) is 0 Å². The first-order valence-electron chi connectivity index (χ1n) is 10.5. The maximum atomic E-state index is 12.3. The van der Waals surface area contributed by atoms with E-state index in [0.29, 0.717) is 18.1 Å². The quantitative estimate of drug-likeness (QED) is 0.575. The first-order chi connectivity index (χ1) is 15.1. The molecule has 1 aliphatic heterocycles. The molecule has 0 spiro atoms. The smallest absolute Gasteiger partial charge is 0.234 e. The second kappa shape index (κ2) is 11.5. The highest BCUT2D eigenvalue weighted by molar-refractivity contribution is 7.99. The number of hydrogen-bond acceptors (Lipinski definition) is 7. The van der Waals surface area contributed by atoms with Crippen molar-refractivity contribution in [1.29, 1.82) is 0 Å². The molecule has 1 aliphatic rings. The van der Waals surface area contributed by atoms with E-state index in [2.05, 4.69) is 25.7 Å². The van der Waals surface area contributed by atoms with Crippen molar-refractivity contribution in [3.8, 4) is 5.75 Å². The zero-order valence-corrected chi connectivity index (χ0v) is 18.8. The fraction of sp³-hybridized carbons (Fsp3) is 0.455. The summed E-state index contributed by atoms with van der Waals surface area (Å²) in [7, 11) is 1.60. The summed E-state index contributed by atoms with van der Waals surface area (Å²) in [5.74, 6) is 1.73. The Labute approximate surface area is 187 Å². The third-order valence-corrected chi connectivity index (χ3v) is 5.94. The fourth-order valence-corrected chi connectivity index (χ4v) is 3.98. The molecule has 0 bridgehead atoms. The molecular formula is C22H29N5O3S. The second-order valence-electron chi connectivity index (χ2n) is 7.37. The largest absolute Gasteiger partial charge is 0.497 e. The number of aromatic nitrogens is 2. The maximum Gasteiger partial charge on any atom is 0.234 e. The van der Waals surface area contributed by atoms with Crippen molar-refractivity contribution in [2.45, 2.75) is 31.2 Å². The van der Waals surface area contributed by atoms with Crippen molar-refractivity contribution in [3.63, 3.8) is 0 Å². The van der Waals surface area contributed by atoms with E-state index in [1.54, 1.807) is 31.4 Å². The van der Waals surface area contributed by atoms with E-state index < -0.39 is 0 Å². The number of thioether (sulfide) groups is 1. The van der Waals surface area contributed by atoms with Gasteiger partial charge in [-0.2, -0.15) is 0 Å². The van der Waals surface area contributed by atoms with Crippen molar-refractivity contribution >= 4 is 35.1 Å². The normalized spacial score (nSPS) is 15.9. The van der Waals surface area contributed by atoms with Crippen LogP contribution in [0, 0.1) is 5.92 Å². The van der Waals surface area contributed by atoms with Crippen LogP contribution < -0.4 is 20.3 Å². The van der Waals surface area contributed by atoms with Gasteiger partial charge in [-0.05, 0) is 55.7 Å². The number of piperidine rings is 1. The number of rotatable bonds is 9. The summed E-state index contributed by atoms with van der Waals surface area (Å²) in [6, 6.07) is 11.0. The highest BCUT2D eigenvalue weighted by Gasteiger charge is 2.26. The molecule has 2 aromatic rings. The predicted molar refractivity (Wildman–Crippen MR) is 123 cm³/mol. The topological polar surface area (TPSA) is 96.5 Å². The maximum absolute atomic E-state index is 12.3. The minimum Gasteiger partial charge on any atom is -0.497 e. The summed E-state index contributed by atoms with van der Waals surface area (Å²) in [6.45, 7) is 4.28. The third-order valence-electron chi connectivity index (χ3n) is 5.02. The Hall–Kier alpha value is -2.81. The van der Waals surface area contributed by atoms with Crippen molar-refractivity contribution in [2.75, 3.05) is 42.7 Å². The summed E-state index contributed by atoms with van der Waals surface area (Å²) in [4.78, 5) is 26.6. The van der Waals surface area contributed by atoms with Crippen LogP contribution in [0.3, 0.4) is 0 Å². The molecule has 166 valence electrons. The van der Waals surface area contributed by atoms with Gasteiger partial charge in [0.15, 0.2) is 5.82 Å². The Balaban J connectivity index is 1.48. The van der Waals surface area contributed by atoms with Gasteiger partial charge in [0.25, 0.3) is 0 Å². The number of amides is 2. The molecule has 3 rings (SSSR count). The number of carbonyl (C=O) groups excluding carboxylic acids is 2. The Morgan fingerprint density at radius 3 is 2.68 bits per heavy atom. The Kier molecular flexibility index (Phi) is 8.52. The molecule has 0 unspecified atom stereocenters. The van der Waals surface area contributed by atoms with E-state index in [4.69, 9.17) is 4.74 Å². The summed E-state index contributed by atoms with van der Waals surface area (Å²) in [5, 5.41) is 15.1. The third kappa shape index (κ3) is 6.85. The molecular weight excluding hydrogens is 414 g/mol. The Bertz CT molecular complexity index is 860. The van der Waals surface area contributed by atoms with E-state index in [9.17, 15) is 9.59 Å². The van der Waals surface area contributed by atoms with Crippen molar-refractivity contribution in [3.05, 3.63) is 36.4 Å². The fourth-order valence-electron chi connectivity index (χ4n) is 3.36. The predicted octanol–water partition coefficient (Wildman–Crippen LogP) is 2.96. The van der Waals surface area contributed by atoms with Crippen LogP contribution >= 0.6 is 11.8 Å². The summed E-state index contributed by atoms with van der Waals surface area (Å²) < 4.78 is 5.11. The number of carbonyl (C=O) groups is 2. The minimum absolute atomic E-state index is 0.0159. The monoisotopic (exact) mass is 443 g/mol. The average molecular weight is 444 g/mol. The molecule has 0 aliphatic carbocycles. The van der Waals surface area contributed by atoms with Crippen LogP contribution in [0.2, 0.25) is 0 Å². The van der Waals surface area contributed by atoms with E-state index >= 15 is 0 Å². The molecule has 2 amide bonds. The number of benzene rings is 1. The van der Waals surface area contributed by atoms with E-state index in [0.717, 1.165) is 43.1 Å². The summed E-state index contributed by atoms with van der Waals surface area (Å²) in [5.41, 5.74) is 0.718. The van der Waals surface area contributed by atoms with Crippen molar-refractivity contribution in [1.82, 2.24) is 15.5 Å². The van der Waals surface area contributed by atoms with Crippen LogP contribution in [-0.4, -0.2) is 54.5 Å². The van der Waals surface area contributed by atoms with Gasteiger partial charge in [-0.1, -0.05) is 18.7 Å². The van der Waals surface area contributed by atoms with Gasteiger partial charge in [-0.15, -0.1) is 10.2 Å². The molecule has 1 atom stereocenters. The first-order valence-corrected chi connectivity index (χ1v) is 11.5. The molecule has 2 heterocycles. The lowest BCUT2D eigenvalue weighted by Gasteiger charge is -2.32. The molecule has 1 fully saturated rings. The lowest BCUT2D eigenvalue weighted by Crippen LogP contribution is -2.43. The Morgan fingerprint density at radius 1 is 1.19 bits per heavy atom. The van der Waals surface area contributed by atoms with Crippen LogP contribution in [0.15, 0.2) is 41.4 Å². The van der Waals surface area contributed by atoms with E-state index in [1.807, 2.05) is 19.1 Å². The van der Waals surface area contributed by atoms with Gasteiger partial charge < -0.3 is 20.3 Å². The average Bonchev–Trinajstić information content (AvgIpc) is 2.82. The summed E-state index contributed by atoms with van der Waals surface area (Å²) >= 11 is 1.33. The molecule has 31 heavy (non-hydrogen) atoms. The zero-order chi connectivity index (χ0) is 22.1. The van der Waals surface area contributed by atoms with Crippen molar-refractivity contribution in [2.24, 2.45) is 5.92 Å². The summed E-state index contributed by atoms with van der Waals surface area (Å²) in [6.07, 6.45) is 2.79. The lowest BCUT2D eigenvalue weighted by atomic mass is 9.97. The SMILES string of the molecule is CCCNC(=O)[C@H]1CCCN(c2ccc(SCC(=O)Nc3ccc(OC)cc3)nn2)C1. The number of methoxy groups -OCH3 is 1. The molecule has 1 saturated heterocycles. The number of hydrogen-bond donors (Lipinski definition) is 2. The van der Waals surface area contributed by atoms with Crippen LogP contribution in [0.4, 0.5) is 11.5 Å². The lowest BCUT2D eigenvalue weighted by molar-refractivity contribution is -0.125. The van der Waals surface area contributed by atoms with E-state index in [-0.39, 0.29) is 23.5 Å². The van der Waals surface area contributed by atoms with Gasteiger partial charge in [0.1, 0.15) is 10.8 Å².